The number of rotatable bonds is 7. The van der Waals surface area contributed by atoms with Crippen LogP contribution in [0, 0.1) is 0 Å². The second-order valence-corrected chi connectivity index (χ2v) is 8.16. The lowest BCUT2D eigenvalue weighted by Crippen LogP contribution is -2.47. The predicted octanol–water partition coefficient (Wildman–Crippen LogP) is 0.913. The summed E-state index contributed by atoms with van der Waals surface area (Å²) in [6.07, 6.45) is 2.80. The van der Waals surface area contributed by atoms with Gasteiger partial charge in [-0.2, -0.15) is 0 Å². The first-order chi connectivity index (χ1) is 10.6. The van der Waals surface area contributed by atoms with Crippen molar-refractivity contribution in [2.75, 3.05) is 38.5 Å². The van der Waals surface area contributed by atoms with E-state index in [-0.39, 0.29) is 11.9 Å². The number of hydrogen-bond acceptors (Lipinski definition) is 5. The molecule has 2 aliphatic rings. The van der Waals surface area contributed by atoms with Crippen molar-refractivity contribution in [2.45, 2.75) is 29.9 Å². The van der Waals surface area contributed by atoms with Crippen LogP contribution >= 0.6 is 0 Å². The highest BCUT2D eigenvalue weighted by molar-refractivity contribution is 7.91. The zero-order valence-electron chi connectivity index (χ0n) is 12.8. The van der Waals surface area contributed by atoms with Crippen LogP contribution in [-0.2, 0) is 14.6 Å². The van der Waals surface area contributed by atoms with Gasteiger partial charge in [-0.25, -0.2) is 8.42 Å². The maximum atomic E-state index is 12.2. The molecular weight excluding hydrogens is 300 g/mol. The largest absolute Gasteiger partial charge is 0.374 e. The maximum absolute atomic E-state index is 12.2. The van der Waals surface area contributed by atoms with Crippen LogP contribution in [0.4, 0.5) is 0 Å². The van der Waals surface area contributed by atoms with Gasteiger partial charge in [0, 0.05) is 32.2 Å². The van der Waals surface area contributed by atoms with E-state index >= 15 is 0 Å². The molecular formula is C16H24N2O3S. The lowest BCUT2D eigenvalue weighted by atomic mass is 10.2. The average molecular weight is 324 g/mol. The van der Waals surface area contributed by atoms with Gasteiger partial charge in [0.15, 0.2) is 9.84 Å². The Bertz CT molecular complexity index is 572. The van der Waals surface area contributed by atoms with Gasteiger partial charge in [0.25, 0.3) is 0 Å². The van der Waals surface area contributed by atoms with Gasteiger partial charge in [0.05, 0.1) is 23.4 Å². The number of nitrogens with one attached hydrogen (secondary N) is 1. The third-order valence-corrected chi connectivity index (χ3v) is 5.99. The highest BCUT2D eigenvalue weighted by Gasteiger charge is 2.32. The lowest BCUT2D eigenvalue weighted by Gasteiger charge is -2.33. The van der Waals surface area contributed by atoms with Crippen LogP contribution in [0.2, 0.25) is 0 Å². The monoisotopic (exact) mass is 324 g/mol. The molecule has 1 unspecified atom stereocenters. The molecule has 1 saturated carbocycles. The Labute approximate surface area is 132 Å². The number of hydrogen-bond donors (Lipinski definition) is 1. The molecule has 1 saturated heterocycles. The van der Waals surface area contributed by atoms with Gasteiger partial charge < -0.3 is 10.1 Å². The second-order valence-electron chi connectivity index (χ2n) is 6.05. The van der Waals surface area contributed by atoms with Gasteiger partial charge in [-0.15, -0.1) is 0 Å². The molecule has 6 heteroatoms. The Morgan fingerprint density at radius 3 is 2.73 bits per heavy atom. The van der Waals surface area contributed by atoms with Gasteiger partial charge >= 0.3 is 0 Å². The van der Waals surface area contributed by atoms with Crippen molar-refractivity contribution in [3.63, 3.8) is 0 Å². The van der Waals surface area contributed by atoms with E-state index in [2.05, 4.69) is 10.2 Å². The third-order valence-electron chi connectivity index (χ3n) is 4.26. The van der Waals surface area contributed by atoms with Crippen molar-refractivity contribution in [3.05, 3.63) is 30.3 Å². The number of benzene rings is 1. The van der Waals surface area contributed by atoms with Crippen LogP contribution in [0.5, 0.6) is 0 Å². The topological polar surface area (TPSA) is 58.6 Å². The summed E-state index contributed by atoms with van der Waals surface area (Å²) in [5.74, 6) is 0.121. The molecule has 1 heterocycles. The highest BCUT2D eigenvalue weighted by Crippen LogP contribution is 2.28. The quantitative estimate of drug-likeness (QED) is 0.756. The van der Waals surface area contributed by atoms with E-state index in [9.17, 15) is 8.42 Å². The molecule has 0 bridgehead atoms. The Morgan fingerprint density at radius 1 is 1.23 bits per heavy atom. The molecule has 1 N–H and O–H groups in total. The average Bonchev–Trinajstić information content (AvgIpc) is 3.38. The van der Waals surface area contributed by atoms with Crippen LogP contribution in [-0.4, -0.2) is 64.0 Å². The first-order valence-electron chi connectivity index (χ1n) is 7.99. The van der Waals surface area contributed by atoms with Gasteiger partial charge in [0.1, 0.15) is 0 Å². The van der Waals surface area contributed by atoms with Crippen LogP contribution in [0.15, 0.2) is 35.2 Å². The first-order valence-corrected chi connectivity index (χ1v) is 9.64. The molecule has 0 aromatic heterocycles. The molecule has 1 aromatic carbocycles. The summed E-state index contributed by atoms with van der Waals surface area (Å²) in [6.45, 7) is 3.95. The lowest BCUT2D eigenvalue weighted by molar-refractivity contribution is -0.0297. The van der Waals surface area contributed by atoms with E-state index in [1.54, 1.807) is 24.3 Å². The van der Waals surface area contributed by atoms with E-state index in [0.29, 0.717) is 18.0 Å². The third kappa shape index (κ3) is 4.29. The van der Waals surface area contributed by atoms with Crippen molar-refractivity contribution in [1.82, 2.24) is 10.2 Å². The van der Waals surface area contributed by atoms with Gasteiger partial charge in [-0.1, -0.05) is 18.2 Å². The van der Waals surface area contributed by atoms with E-state index < -0.39 is 9.84 Å². The summed E-state index contributed by atoms with van der Waals surface area (Å²) >= 11 is 0. The Hall–Kier alpha value is -0.950. The molecule has 1 aliphatic heterocycles. The standard InChI is InChI=1S/C16H24N2O3S/c19-22(20,16-4-2-1-3-5-16)11-8-17-12-15-13-18(9-10-21-15)14-6-7-14/h1-5,14-15,17H,6-13H2. The fraction of sp³-hybridized carbons (Fsp3) is 0.625. The Balaban J connectivity index is 1.40. The smallest absolute Gasteiger partial charge is 0.179 e. The van der Waals surface area contributed by atoms with Crippen molar-refractivity contribution < 1.29 is 13.2 Å². The SMILES string of the molecule is O=S(=O)(CCNCC1CN(C2CC2)CCO1)c1ccccc1. The van der Waals surface area contributed by atoms with Crippen molar-refractivity contribution in [3.8, 4) is 0 Å². The molecule has 5 nitrogen and oxygen atoms in total. The minimum absolute atomic E-state index is 0.121. The number of sulfone groups is 1. The number of ether oxygens (including phenoxy) is 1. The fourth-order valence-electron chi connectivity index (χ4n) is 2.85. The zero-order valence-corrected chi connectivity index (χ0v) is 13.6. The molecule has 3 rings (SSSR count). The Morgan fingerprint density at radius 2 is 2.00 bits per heavy atom. The minimum Gasteiger partial charge on any atom is -0.374 e. The minimum atomic E-state index is -3.19. The fourth-order valence-corrected chi connectivity index (χ4v) is 4.07. The van der Waals surface area contributed by atoms with Gasteiger partial charge in [0.2, 0.25) is 0 Å². The van der Waals surface area contributed by atoms with Gasteiger partial charge in [-0.3, -0.25) is 4.90 Å². The van der Waals surface area contributed by atoms with Gasteiger partial charge in [-0.05, 0) is 25.0 Å². The van der Waals surface area contributed by atoms with Crippen molar-refractivity contribution >= 4 is 9.84 Å². The van der Waals surface area contributed by atoms with Crippen LogP contribution in [0.1, 0.15) is 12.8 Å². The summed E-state index contributed by atoms with van der Waals surface area (Å²) in [7, 11) is -3.19. The molecule has 0 radical (unpaired) electrons. The molecule has 122 valence electrons. The summed E-state index contributed by atoms with van der Waals surface area (Å²) in [5.41, 5.74) is 0. The van der Waals surface area contributed by atoms with Crippen molar-refractivity contribution in [2.24, 2.45) is 0 Å². The van der Waals surface area contributed by atoms with Crippen molar-refractivity contribution in [1.29, 1.82) is 0 Å². The summed E-state index contributed by atoms with van der Waals surface area (Å²) in [4.78, 5) is 2.89. The maximum Gasteiger partial charge on any atom is 0.179 e. The summed E-state index contributed by atoms with van der Waals surface area (Å²) in [6, 6.07) is 9.39. The molecule has 1 aromatic rings. The zero-order chi connectivity index (χ0) is 15.4. The van der Waals surface area contributed by atoms with Crippen LogP contribution in [0.3, 0.4) is 0 Å². The molecule has 0 amide bonds. The highest BCUT2D eigenvalue weighted by atomic mass is 32.2. The number of nitrogens with zero attached hydrogens (tertiary/aromatic N) is 1. The molecule has 1 aliphatic carbocycles. The number of morpholine rings is 1. The van der Waals surface area contributed by atoms with E-state index in [1.165, 1.54) is 12.8 Å². The first kappa shape index (κ1) is 15.9. The second kappa shape index (κ2) is 7.08. The van der Waals surface area contributed by atoms with E-state index in [4.69, 9.17) is 4.74 Å². The summed E-state index contributed by atoms with van der Waals surface area (Å²) in [5, 5.41) is 3.23. The Kier molecular flexibility index (Phi) is 5.13. The van der Waals surface area contributed by atoms with E-state index in [0.717, 1.165) is 25.7 Å². The normalized spacial score (nSPS) is 23.5. The molecule has 1 atom stereocenters. The molecule has 0 spiro atoms. The summed E-state index contributed by atoms with van der Waals surface area (Å²) < 4.78 is 30.1. The van der Waals surface area contributed by atoms with Crippen LogP contribution < -0.4 is 5.32 Å². The molecule has 22 heavy (non-hydrogen) atoms. The molecule has 2 fully saturated rings. The predicted molar refractivity (Wildman–Crippen MR) is 85.7 cm³/mol. The van der Waals surface area contributed by atoms with Crippen LogP contribution in [0.25, 0.3) is 0 Å². The van der Waals surface area contributed by atoms with E-state index in [1.807, 2.05) is 6.07 Å².